The Morgan fingerprint density at radius 1 is 1.26 bits per heavy atom. The van der Waals surface area contributed by atoms with Gasteiger partial charge in [-0.3, -0.25) is 0 Å². The van der Waals surface area contributed by atoms with Crippen LogP contribution in [0.3, 0.4) is 0 Å². The van der Waals surface area contributed by atoms with Crippen molar-refractivity contribution >= 4 is 10.0 Å². The molecule has 4 nitrogen and oxygen atoms in total. The van der Waals surface area contributed by atoms with Crippen LogP contribution in [0.15, 0.2) is 23.1 Å². The lowest BCUT2D eigenvalue weighted by Gasteiger charge is -2.12. The van der Waals surface area contributed by atoms with E-state index in [1.54, 1.807) is 4.72 Å². The third-order valence-corrected chi connectivity index (χ3v) is 3.82. The van der Waals surface area contributed by atoms with E-state index in [1.807, 2.05) is 0 Å². The number of hydrogen-bond acceptors (Lipinski definition) is 3. The number of nitrogens with two attached hydrogens (primary N) is 1. The summed E-state index contributed by atoms with van der Waals surface area (Å²) in [6, 6.07) is 3.25. The van der Waals surface area contributed by atoms with Gasteiger partial charge in [0.2, 0.25) is 10.0 Å². The van der Waals surface area contributed by atoms with Gasteiger partial charge in [0, 0.05) is 18.7 Å². The fraction of sp³-hybridized carbons (Fsp3) is 0.400. The average Bonchev–Trinajstić information content (AvgIpc) is 2.26. The molecule has 0 unspecified atom stereocenters. The Morgan fingerprint density at radius 3 is 2.42 bits per heavy atom. The molecule has 0 aliphatic carbocycles. The zero-order valence-electron chi connectivity index (χ0n) is 9.67. The summed E-state index contributed by atoms with van der Waals surface area (Å²) in [7, 11) is -4.22. The highest BCUT2D eigenvalue weighted by Gasteiger charge is 2.28. The first-order chi connectivity index (χ1) is 8.67. The Morgan fingerprint density at radius 2 is 1.89 bits per heavy atom. The van der Waals surface area contributed by atoms with Gasteiger partial charge in [0.25, 0.3) is 0 Å². The molecule has 0 aliphatic rings. The second kappa shape index (κ2) is 5.85. The fourth-order valence-electron chi connectivity index (χ4n) is 1.39. The summed E-state index contributed by atoms with van der Waals surface area (Å²) < 4.78 is 74.4. The number of nitrogens with one attached hydrogen (secondary N) is 1. The number of alkyl halides is 3. The van der Waals surface area contributed by atoms with Crippen LogP contribution in [0.1, 0.15) is 12.0 Å². The monoisotopic (exact) mass is 300 g/mol. The number of hydrogen-bond donors (Lipinski definition) is 2. The summed E-state index contributed by atoms with van der Waals surface area (Å²) >= 11 is 0. The van der Waals surface area contributed by atoms with Crippen LogP contribution < -0.4 is 10.5 Å². The molecule has 19 heavy (non-hydrogen) atoms. The summed E-state index contributed by atoms with van der Waals surface area (Å²) in [4.78, 5) is -0.447. The fourth-order valence-corrected chi connectivity index (χ4v) is 2.68. The van der Waals surface area contributed by atoms with Gasteiger partial charge in [0.1, 0.15) is 5.82 Å². The second-order valence-corrected chi connectivity index (χ2v) is 5.42. The summed E-state index contributed by atoms with van der Waals surface area (Å²) in [6.07, 6.45) is -5.78. The first-order valence-corrected chi connectivity index (χ1v) is 6.69. The quantitative estimate of drug-likeness (QED) is 0.810. The molecule has 0 aromatic heterocycles. The molecule has 1 rings (SSSR count). The minimum absolute atomic E-state index is 0.262. The van der Waals surface area contributed by atoms with Crippen LogP contribution in [0.5, 0.6) is 0 Å². The highest BCUT2D eigenvalue weighted by atomic mass is 32.2. The second-order valence-electron chi connectivity index (χ2n) is 3.68. The predicted molar refractivity (Wildman–Crippen MR) is 60.2 cm³/mol. The van der Waals surface area contributed by atoms with E-state index in [-0.39, 0.29) is 12.1 Å². The van der Waals surface area contributed by atoms with Gasteiger partial charge in [-0.05, 0) is 12.1 Å². The smallest absolute Gasteiger partial charge is 0.326 e. The minimum atomic E-state index is -4.47. The highest BCUT2D eigenvalue weighted by Crippen LogP contribution is 2.20. The standard InChI is InChI=1S/C10H12F4N2O2S/c11-8-2-1-3-9(7(8)6-15)19(17,18)16-5-4-10(12,13)14/h1-3,16H,4-6,15H2. The molecule has 0 radical (unpaired) electrons. The van der Waals surface area contributed by atoms with Gasteiger partial charge in [-0.2, -0.15) is 13.2 Å². The van der Waals surface area contributed by atoms with Gasteiger partial charge in [-0.15, -0.1) is 0 Å². The third-order valence-electron chi connectivity index (χ3n) is 2.27. The maximum Gasteiger partial charge on any atom is 0.390 e. The van der Waals surface area contributed by atoms with Crippen LogP contribution in [0.4, 0.5) is 17.6 Å². The number of sulfonamides is 1. The van der Waals surface area contributed by atoms with Crippen LogP contribution in [0, 0.1) is 5.82 Å². The molecule has 108 valence electrons. The van der Waals surface area contributed by atoms with E-state index < -0.39 is 39.9 Å². The average molecular weight is 300 g/mol. The van der Waals surface area contributed by atoms with Crippen molar-refractivity contribution in [3.05, 3.63) is 29.6 Å². The molecule has 3 N–H and O–H groups in total. The Bertz CT molecular complexity index is 543. The van der Waals surface area contributed by atoms with E-state index in [0.717, 1.165) is 18.2 Å². The molecule has 0 saturated carbocycles. The maximum atomic E-state index is 13.3. The van der Waals surface area contributed by atoms with Crippen molar-refractivity contribution in [2.45, 2.75) is 24.0 Å². The lowest BCUT2D eigenvalue weighted by molar-refractivity contribution is -0.132. The summed E-state index contributed by atoms with van der Waals surface area (Å²) in [5.74, 6) is -0.818. The van der Waals surface area contributed by atoms with Crippen LogP contribution in [-0.2, 0) is 16.6 Å². The zero-order valence-corrected chi connectivity index (χ0v) is 10.5. The third kappa shape index (κ3) is 4.44. The molecule has 0 heterocycles. The van der Waals surface area contributed by atoms with Gasteiger partial charge >= 0.3 is 6.18 Å². The van der Waals surface area contributed by atoms with E-state index in [1.165, 1.54) is 0 Å². The normalized spacial score (nSPS) is 12.7. The van der Waals surface area contributed by atoms with Crippen LogP contribution in [-0.4, -0.2) is 21.1 Å². The van der Waals surface area contributed by atoms with E-state index in [0.29, 0.717) is 0 Å². The SMILES string of the molecule is NCc1c(F)cccc1S(=O)(=O)NCCC(F)(F)F. The number of benzene rings is 1. The van der Waals surface area contributed by atoms with Crippen molar-refractivity contribution in [3.8, 4) is 0 Å². The molecular weight excluding hydrogens is 288 g/mol. The van der Waals surface area contributed by atoms with Crippen LogP contribution in [0.2, 0.25) is 0 Å². The molecule has 9 heteroatoms. The predicted octanol–water partition coefficient (Wildman–Crippen LogP) is 1.52. The summed E-state index contributed by atoms with van der Waals surface area (Å²) in [5.41, 5.74) is 4.97. The Balaban J connectivity index is 2.92. The van der Waals surface area contributed by atoms with E-state index in [2.05, 4.69) is 0 Å². The van der Waals surface area contributed by atoms with Crippen LogP contribution in [0.25, 0.3) is 0 Å². The van der Waals surface area contributed by atoms with Gasteiger partial charge in [0.15, 0.2) is 0 Å². The summed E-state index contributed by atoms with van der Waals surface area (Å²) in [5, 5.41) is 0. The van der Waals surface area contributed by atoms with E-state index >= 15 is 0 Å². The van der Waals surface area contributed by atoms with Crippen molar-refractivity contribution < 1.29 is 26.0 Å². The number of halogens is 4. The molecule has 0 fully saturated rings. The zero-order chi connectivity index (χ0) is 14.7. The van der Waals surface area contributed by atoms with Gasteiger partial charge in [-0.25, -0.2) is 17.5 Å². The minimum Gasteiger partial charge on any atom is -0.326 e. The Kier molecular flexibility index (Phi) is 4.88. The molecule has 0 atom stereocenters. The molecule has 1 aromatic rings. The molecule has 0 spiro atoms. The Hall–Kier alpha value is -1.19. The molecule has 0 saturated heterocycles. The highest BCUT2D eigenvalue weighted by molar-refractivity contribution is 7.89. The van der Waals surface area contributed by atoms with Gasteiger partial charge in [-0.1, -0.05) is 6.07 Å². The van der Waals surface area contributed by atoms with Gasteiger partial charge < -0.3 is 5.73 Å². The molecular formula is C10H12F4N2O2S. The maximum absolute atomic E-state index is 13.3. The van der Waals surface area contributed by atoms with Crippen LogP contribution >= 0.6 is 0 Å². The van der Waals surface area contributed by atoms with Crippen molar-refractivity contribution in [1.29, 1.82) is 0 Å². The van der Waals surface area contributed by atoms with Crippen molar-refractivity contribution in [3.63, 3.8) is 0 Å². The molecule has 0 amide bonds. The Labute approximate surface area is 107 Å². The summed E-state index contributed by atoms with van der Waals surface area (Å²) in [6.45, 7) is -1.19. The largest absolute Gasteiger partial charge is 0.390 e. The van der Waals surface area contributed by atoms with Gasteiger partial charge in [0.05, 0.1) is 11.3 Å². The van der Waals surface area contributed by atoms with Crippen molar-refractivity contribution in [2.24, 2.45) is 5.73 Å². The molecule has 0 aliphatic heterocycles. The number of rotatable bonds is 5. The van der Waals surface area contributed by atoms with E-state index in [9.17, 15) is 26.0 Å². The lowest BCUT2D eigenvalue weighted by Crippen LogP contribution is -2.29. The molecule has 0 bridgehead atoms. The van der Waals surface area contributed by atoms with Crippen molar-refractivity contribution in [1.82, 2.24) is 4.72 Å². The lowest BCUT2D eigenvalue weighted by atomic mass is 10.2. The van der Waals surface area contributed by atoms with Crippen molar-refractivity contribution in [2.75, 3.05) is 6.54 Å². The topological polar surface area (TPSA) is 72.2 Å². The molecule has 1 aromatic carbocycles. The first kappa shape index (κ1) is 15.9. The first-order valence-electron chi connectivity index (χ1n) is 5.21. The van der Waals surface area contributed by atoms with E-state index in [4.69, 9.17) is 5.73 Å².